The number of carboxylic acids is 1. The van der Waals surface area contributed by atoms with Gasteiger partial charge in [0.1, 0.15) is 17.1 Å². The number of aryl methyl sites for hydroxylation is 1. The van der Waals surface area contributed by atoms with Crippen LogP contribution < -0.4 is 0 Å². The molecule has 0 unspecified atom stereocenters. The van der Waals surface area contributed by atoms with Crippen molar-refractivity contribution in [1.29, 1.82) is 0 Å². The molecule has 112 valence electrons. The maximum absolute atomic E-state index is 11.0. The summed E-state index contributed by atoms with van der Waals surface area (Å²) in [5, 5.41) is 9.03. The van der Waals surface area contributed by atoms with Gasteiger partial charge in [-0.1, -0.05) is 0 Å². The van der Waals surface area contributed by atoms with Crippen LogP contribution in [0.25, 0.3) is 0 Å². The molecule has 2 heterocycles. The van der Waals surface area contributed by atoms with Crippen LogP contribution in [0.2, 0.25) is 0 Å². The number of carboxylic acid groups (broad SMARTS) is 1. The lowest BCUT2D eigenvalue weighted by atomic mass is 10.0. The van der Waals surface area contributed by atoms with E-state index in [0.717, 1.165) is 31.9 Å². The van der Waals surface area contributed by atoms with Gasteiger partial charge in [0.05, 0.1) is 6.54 Å². The molecule has 0 radical (unpaired) electrons. The first-order chi connectivity index (χ1) is 9.27. The third-order valence-corrected chi connectivity index (χ3v) is 3.90. The summed E-state index contributed by atoms with van der Waals surface area (Å²) < 4.78 is 5.54. The molecule has 1 N–H and O–H groups in total. The van der Waals surface area contributed by atoms with E-state index in [1.807, 2.05) is 0 Å². The zero-order chi connectivity index (χ0) is 14.9. The van der Waals surface area contributed by atoms with Crippen molar-refractivity contribution >= 4 is 5.97 Å². The minimum atomic E-state index is -0.921. The normalized spacial score (nSPS) is 18.4. The van der Waals surface area contributed by atoms with Crippen molar-refractivity contribution in [3.05, 3.63) is 23.2 Å². The zero-order valence-corrected chi connectivity index (χ0v) is 12.8. The molecule has 0 spiro atoms. The van der Waals surface area contributed by atoms with E-state index >= 15 is 0 Å². The standard InChI is InChI=1S/C15H24N2O3/c1-11-13(14(18)19)9-12(20-11)10-16-5-7-17(8-6-16)15(2,3)4/h9H,5-8,10H2,1-4H3,(H,18,19). The minimum absolute atomic E-state index is 0.212. The van der Waals surface area contributed by atoms with Gasteiger partial charge in [0.15, 0.2) is 0 Å². The summed E-state index contributed by atoms with van der Waals surface area (Å²) in [4.78, 5) is 15.8. The Balaban J connectivity index is 1.93. The van der Waals surface area contributed by atoms with Crippen molar-refractivity contribution in [3.63, 3.8) is 0 Å². The number of hydrogen-bond acceptors (Lipinski definition) is 4. The smallest absolute Gasteiger partial charge is 0.339 e. The van der Waals surface area contributed by atoms with E-state index in [4.69, 9.17) is 9.52 Å². The number of aromatic carboxylic acids is 1. The van der Waals surface area contributed by atoms with E-state index in [0.29, 0.717) is 12.3 Å². The molecule has 1 aliphatic rings. The SMILES string of the molecule is Cc1oc(CN2CCN(C(C)(C)C)CC2)cc1C(=O)O. The summed E-state index contributed by atoms with van der Waals surface area (Å²) in [5.41, 5.74) is 0.484. The molecule has 20 heavy (non-hydrogen) atoms. The second-order valence-corrected chi connectivity index (χ2v) is 6.42. The summed E-state index contributed by atoms with van der Waals surface area (Å²) in [6.45, 7) is 13.1. The van der Waals surface area contributed by atoms with Gasteiger partial charge in [0, 0.05) is 31.7 Å². The molecule has 1 aromatic heterocycles. The summed E-state index contributed by atoms with van der Waals surface area (Å²) >= 11 is 0. The van der Waals surface area contributed by atoms with Crippen molar-refractivity contribution in [2.24, 2.45) is 0 Å². The molecule has 0 aromatic carbocycles. The molecule has 1 aromatic rings. The second-order valence-electron chi connectivity index (χ2n) is 6.42. The molecule has 5 heteroatoms. The third-order valence-electron chi connectivity index (χ3n) is 3.90. The van der Waals surface area contributed by atoms with Gasteiger partial charge in [-0.3, -0.25) is 9.80 Å². The number of piperazine rings is 1. The van der Waals surface area contributed by atoms with Crippen molar-refractivity contribution in [1.82, 2.24) is 9.80 Å². The van der Waals surface area contributed by atoms with Crippen LogP contribution in [-0.2, 0) is 6.54 Å². The van der Waals surface area contributed by atoms with Gasteiger partial charge in [0.25, 0.3) is 0 Å². The van der Waals surface area contributed by atoms with Gasteiger partial charge >= 0.3 is 5.97 Å². The molecule has 0 aliphatic carbocycles. The number of hydrogen-bond donors (Lipinski definition) is 1. The van der Waals surface area contributed by atoms with Crippen LogP contribution in [0, 0.1) is 6.92 Å². The lowest BCUT2D eigenvalue weighted by Crippen LogP contribution is -2.53. The second kappa shape index (κ2) is 5.58. The van der Waals surface area contributed by atoms with Gasteiger partial charge < -0.3 is 9.52 Å². The quantitative estimate of drug-likeness (QED) is 0.920. The molecule has 1 saturated heterocycles. The number of rotatable bonds is 3. The highest BCUT2D eigenvalue weighted by atomic mass is 16.4. The first kappa shape index (κ1) is 15.1. The average Bonchev–Trinajstić information content (AvgIpc) is 2.70. The molecule has 1 aliphatic heterocycles. The highest BCUT2D eigenvalue weighted by molar-refractivity contribution is 5.88. The van der Waals surface area contributed by atoms with Crippen LogP contribution in [-0.4, -0.2) is 52.6 Å². The third kappa shape index (κ3) is 3.41. The van der Waals surface area contributed by atoms with Crippen molar-refractivity contribution in [2.45, 2.75) is 39.8 Å². The van der Waals surface area contributed by atoms with E-state index in [1.165, 1.54) is 0 Å². The summed E-state index contributed by atoms with van der Waals surface area (Å²) in [6, 6.07) is 1.65. The molecule has 1 fully saturated rings. The van der Waals surface area contributed by atoms with Crippen LogP contribution in [0.1, 0.15) is 42.6 Å². The Bertz CT molecular complexity index is 480. The van der Waals surface area contributed by atoms with Gasteiger partial charge in [-0.05, 0) is 33.8 Å². The Morgan fingerprint density at radius 3 is 2.35 bits per heavy atom. The summed E-state index contributed by atoms with van der Waals surface area (Å²) in [7, 11) is 0. The molecule has 2 rings (SSSR count). The van der Waals surface area contributed by atoms with Crippen LogP contribution in [0.5, 0.6) is 0 Å². The predicted octanol–water partition coefficient (Wildman–Crippen LogP) is 2.20. The lowest BCUT2D eigenvalue weighted by molar-refractivity contribution is 0.0561. The first-order valence-electron chi connectivity index (χ1n) is 7.07. The highest BCUT2D eigenvalue weighted by Gasteiger charge is 2.26. The van der Waals surface area contributed by atoms with E-state index in [2.05, 4.69) is 30.6 Å². The van der Waals surface area contributed by atoms with Gasteiger partial charge in [0.2, 0.25) is 0 Å². The van der Waals surface area contributed by atoms with E-state index in [9.17, 15) is 4.79 Å². The Morgan fingerprint density at radius 1 is 1.30 bits per heavy atom. The summed E-state index contributed by atoms with van der Waals surface area (Å²) in [5.74, 6) is 0.306. The Kier molecular flexibility index (Phi) is 4.20. The fraction of sp³-hybridized carbons (Fsp3) is 0.667. The average molecular weight is 280 g/mol. The van der Waals surface area contributed by atoms with Crippen LogP contribution >= 0.6 is 0 Å². The topological polar surface area (TPSA) is 56.9 Å². The van der Waals surface area contributed by atoms with Crippen molar-refractivity contribution < 1.29 is 14.3 Å². The molecule has 0 bridgehead atoms. The molecule has 5 nitrogen and oxygen atoms in total. The van der Waals surface area contributed by atoms with Gasteiger partial charge in [-0.2, -0.15) is 0 Å². The lowest BCUT2D eigenvalue weighted by Gasteiger charge is -2.42. The van der Waals surface area contributed by atoms with Gasteiger partial charge in [-0.25, -0.2) is 4.79 Å². The first-order valence-corrected chi connectivity index (χ1v) is 7.07. The fourth-order valence-corrected chi connectivity index (χ4v) is 2.63. The Morgan fingerprint density at radius 2 is 1.90 bits per heavy atom. The highest BCUT2D eigenvalue weighted by Crippen LogP contribution is 2.19. The van der Waals surface area contributed by atoms with Crippen LogP contribution in [0.15, 0.2) is 10.5 Å². The van der Waals surface area contributed by atoms with Crippen LogP contribution in [0.3, 0.4) is 0 Å². The molecule has 0 saturated carbocycles. The van der Waals surface area contributed by atoms with E-state index < -0.39 is 5.97 Å². The predicted molar refractivity (Wildman–Crippen MR) is 77.0 cm³/mol. The Labute approximate surface area is 120 Å². The molecule has 0 atom stereocenters. The molecular formula is C15H24N2O3. The zero-order valence-electron chi connectivity index (χ0n) is 12.8. The van der Waals surface area contributed by atoms with Crippen molar-refractivity contribution in [2.75, 3.05) is 26.2 Å². The summed E-state index contributed by atoms with van der Waals surface area (Å²) in [6.07, 6.45) is 0. The fourth-order valence-electron chi connectivity index (χ4n) is 2.63. The largest absolute Gasteiger partial charge is 0.478 e. The van der Waals surface area contributed by atoms with Gasteiger partial charge in [-0.15, -0.1) is 0 Å². The monoisotopic (exact) mass is 280 g/mol. The molecular weight excluding hydrogens is 256 g/mol. The minimum Gasteiger partial charge on any atom is -0.478 e. The maximum atomic E-state index is 11.0. The van der Waals surface area contributed by atoms with Crippen LogP contribution in [0.4, 0.5) is 0 Å². The van der Waals surface area contributed by atoms with E-state index in [1.54, 1.807) is 13.0 Å². The van der Waals surface area contributed by atoms with E-state index in [-0.39, 0.29) is 11.1 Å². The Hall–Kier alpha value is -1.33. The maximum Gasteiger partial charge on any atom is 0.339 e. The molecule has 0 amide bonds. The number of carbonyl (C=O) groups is 1. The van der Waals surface area contributed by atoms with Crippen molar-refractivity contribution in [3.8, 4) is 0 Å². The number of nitrogens with zero attached hydrogens (tertiary/aromatic N) is 2. The number of furan rings is 1.